The number of nitrogens with zero attached hydrogens (tertiary/aromatic N) is 1. The molecule has 0 saturated carbocycles. The number of hydrogen-bond acceptors (Lipinski definition) is 4. The first-order valence-corrected chi connectivity index (χ1v) is 8.54. The van der Waals surface area contributed by atoms with Crippen molar-refractivity contribution in [1.82, 2.24) is 5.32 Å². The molecule has 1 N–H and O–H groups in total. The van der Waals surface area contributed by atoms with Crippen LogP contribution in [-0.2, 0) is 0 Å². The molecule has 134 valence electrons. The Morgan fingerprint density at radius 1 is 0.846 bits per heavy atom. The Morgan fingerprint density at radius 3 is 1.92 bits per heavy atom. The molecule has 0 saturated heterocycles. The second-order valence-corrected chi connectivity index (χ2v) is 7.04. The molecule has 2 aromatic rings. The van der Waals surface area contributed by atoms with Crippen LogP contribution in [-0.4, -0.2) is 16.7 Å². The molecule has 1 aliphatic heterocycles. The number of nitro groups is 1. The van der Waals surface area contributed by atoms with Gasteiger partial charge >= 0.3 is 0 Å². The fraction of sp³-hybridized carbons (Fsp3) is 0.300. The van der Waals surface area contributed by atoms with E-state index in [0.717, 1.165) is 11.1 Å². The Kier molecular flexibility index (Phi) is 4.36. The quantitative estimate of drug-likeness (QED) is 0.502. The van der Waals surface area contributed by atoms with Gasteiger partial charge in [0.15, 0.2) is 0 Å². The average Bonchev–Trinajstić information content (AvgIpc) is 2.87. The van der Waals surface area contributed by atoms with Crippen molar-refractivity contribution in [2.75, 3.05) is 0 Å². The molecule has 0 radical (unpaired) electrons. The second-order valence-electron chi connectivity index (χ2n) is 7.04. The number of imide groups is 1. The minimum absolute atomic E-state index is 0.0965. The molecule has 26 heavy (non-hydrogen) atoms. The highest BCUT2D eigenvalue weighted by molar-refractivity contribution is 6.25. The van der Waals surface area contributed by atoms with Crippen LogP contribution in [0.5, 0.6) is 0 Å². The molecule has 0 fully saturated rings. The van der Waals surface area contributed by atoms with E-state index in [-0.39, 0.29) is 34.2 Å². The summed E-state index contributed by atoms with van der Waals surface area (Å²) in [7, 11) is 0. The Labute approximate surface area is 151 Å². The van der Waals surface area contributed by atoms with Gasteiger partial charge in [-0.2, -0.15) is 0 Å². The molecule has 2 aromatic carbocycles. The molecule has 2 amide bonds. The number of amides is 2. The largest absolute Gasteiger partial charge is 0.288 e. The van der Waals surface area contributed by atoms with Crippen LogP contribution in [0.3, 0.4) is 0 Å². The Balaban J connectivity index is 2.51. The average molecular weight is 352 g/mol. The van der Waals surface area contributed by atoms with E-state index in [9.17, 15) is 19.7 Å². The fourth-order valence-electron chi connectivity index (χ4n) is 3.49. The summed E-state index contributed by atoms with van der Waals surface area (Å²) in [4.78, 5) is 35.8. The summed E-state index contributed by atoms with van der Waals surface area (Å²) >= 11 is 0. The van der Waals surface area contributed by atoms with Crippen molar-refractivity contribution in [2.45, 2.75) is 39.5 Å². The van der Waals surface area contributed by atoms with Crippen molar-refractivity contribution in [3.8, 4) is 11.1 Å². The van der Waals surface area contributed by atoms with Crippen LogP contribution in [0.1, 0.15) is 71.4 Å². The maximum Gasteiger partial charge on any atom is 0.278 e. The van der Waals surface area contributed by atoms with E-state index in [0.29, 0.717) is 5.56 Å². The lowest BCUT2D eigenvalue weighted by molar-refractivity contribution is -0.384. The summed E-state index contributed by atoms with van der Waals surface area (Å²) in [5.41, 5.74) is 2.88. The molecule has 6 nitrogen and oxygen atoms in total. The van der Waals surface area contributed by atoms with Gasteiger partial charge in [0.05, 0.1) is 21.6 Å². The van der Waals surface area contributed by atoms with Crippen molar-refractivity contribution in [2.24, 2.45) is 0 Å². The monoisotopic (exact) mass is 352 g/mol. The van der Waals surface area contributed by atoms with E-state index < -0.39 is 16.7 Å². The first-order chi connectivity index (χ1) is 12.2. The summed E-state index contributed by atoms with van der Waals surface area (Å²) < 4.78 is 0. The number of benzene rings is 2. The van der Waals surface area contributed by atoms with Gasteiger partial charge in [-0.15, -0.1) is 0 Å². The number of nitro benzene ring substituents is 1. The zero-order valence-corrected chi connectivity index (χ0v) is 15.1. The smallest absolute Gasteiger partial charge is 0.278 e. The lowest BCUT2D eigenvalue weighted by atomic mass is 9.82. The van der Waals surface area contributed by atoms with Gasteiger partial charge in [-0.25, -0.2) is 0 Å². The molecule has 0 spiro atoms. The van der Waals surface area contributed by atoms with Crippen LogP contribution in [0.25, 0.3) is 11.1 Å². The van der Waals surface area contributed by atoms with Crippen LogP contribution in [0, 0.1) is 10.1 Å². The van der Waals surface area contributed by atoms with Crippen molar-refractivity contribution < 1.29 is 14.5 Å². The lowest BCUT2D eigenvalue weighted by Gasteiger charge is -2.21. The van der Waals surface area contributed by atoms with Gasteiger partial charge in [-0.05, 0) is 34.6 Å². The van der Waals surface area contributed by atoms with Crippen LogP contribution >= 0.6 is 0 Å². The fourth-order valence-corrected chi connectivity index (χ4v) is 3.49. The summed E-state index contributed by atoms with van der Waals surface area (Å²) in [6, 6.07) is 8.43. The number of fused-ring (bicyclic) bond motifs is 1. The third-order valence-electron chi connectivity index (χ3n) is 4.70. The normalized spacial score (nSPS) is 13.3. The minimum Gasteiger partial charge on any atom is -0.288 e. The van der Waals surface area contributed by atoms with E-state index in [4.69, 9.17) is 0 Å². The van der Waals surface area contributed by atoms with Crippen LogP contribution in [0.2, 0.25) is 0 Å². The van der Waals surface area contributed by atoms with Gasteiger partial charge in [0.2, 0.25) is 0 Å². The van der Waals surface area contributed by atoms with E-state index in [1.54, 1.807) is 0 Å². The highest BCUT2D eigenvalue weighted by Gasteiger charge is 2.36. The molecule has 1 aliphatic rings. The van der Waals surface area contributed by atoms with Gasteiger partial charge in [0.1, 0.15) is 0 Å². The molecule has 0 atom stereocenters. The van der Waals surface area contributed by atoms with Gasteiger partial charge in [-0.3, -0.25) is 25.0 Å². The number of rotatable bonds is 4. The number of carbonyl (C=O) groups excluding carboxylic acids is 2. The molecule has 0 aromatic heterocycles. The van der Waals surface area contributed by atoms with E-state index in [1.807, 2.05) is 45.9 Å². The summed E-state index contributed by atoms with van der Waals surface area (Å²) in [5.74, 6) is -0.912. The zero-order valence-electron chi connectivity index (χ0n) is 15.1. The minimum atomic E-state index is -0.586. The van der Waals surface area contributed by atoms with Gasteiger partial charge in [0.25, 0.3) is 17.5 Å². The lowest BCUT2D eigenvalue weighted by Crippen LogP contribution is -2.20. The van der Waals surface area contributed by atoms with Crippen LogP contribution in [0.15, 0.2) is 30.3 Å². The van der Waals surface area contributed by atoms with Crippen molar-refractivity contribution in [3.05, 3.63) is 62.7 Å². The third kappa shape index (κ3) is 2.67. The number of carbonyl (C=O) groups is 2. The Bertz CT molecular complexity index is 919. The topological polar surface area (TPSA) is 89.3 Å². The molecular weight excluding hydrogens is 332 g/mol. The van der Waals surface area contributed by atoms with E-state index in [2.05, 4.69) is 5.32 Å². The first-order valence-electron chi connectivity index (χ1n) is 8.54. The number of nitrogens with one attached hydrogen (secondary N) is 1. The SMILES string of the molecule is CC(C)c1cccc(C(C)C)c1-c1c([N+](=O)[O-])ccc2c1C(=O)NC2=O. The van der Waals surface area contributed by atoms with Crippen molar-refractivity contribution >= 4 is 17.5 Å². The predicted molar refractivity (Wildman–Crippen MR) is 98.5 cm³/mol. The molecule has 0 bridgehead atoms. The summed E-state index contributed by atoms with van der Waals surface area (Å²) in [6.07, 6.45) is 0. The van der Waals surface area contributed by atoms with Crippen molar-refractivity contribution in [3.63, 3.8) is 0 Å². The van der Waals surface area contributed by atoms with Gasteiger partial charge < -0.3 is 0 Å². The summed E-state index contributed by atoms with van der Waals surface area (Å²) in [5, 5.41) is 14.0. The zero-order chi connectivity index (χ0) is 19.2. The molecule has 3 rings (SSSR count). The van der Waals surface area contributed by atoms with E-state index in [1.165, 1.54) is 12.1 Å². The predicted octanol–water partition coefficient (Wildman–Crippen LogP) is 4.39. The number of hydrogen-bond donors (Lipinski definition) is 1. The highest BCUT2D eigenvalue weighted by Crippen LogP contribution is 2.44. The molecule has 0 aliphatic carbocycles. The first kappa shape index (κ1) is 17.8. The van der Waals surface area contributed by atoms with Gasteiger partial charge in [0, 0.05) is 6.07 Å². The van der Waals surface area contributed by atoms with Crippen molar-refractivity contribution in [1.29, 1.82) is 0 Å². The van der Waals surface area contributed by atoms with E-state index >= 15 is 0 Å². The summed E-state index contributed by atoms with van der Waals surface area (Å²) in [6.45, 7) is 8.01. The molecule has 6 heteroatoms. The van der Waals surface area contributed by atoms with Crippen LogP contribution in [0.4, 0.5) is 5.69 Å². The van der Waals surface area contributed by atoms with Crippen LogP contribution < -0.4 is 5.32 Å². The Morgan fingerprint density at radius 2 is 1.42 bits per heavy atom. The maximum atomic E-state index is 12.5. The molecule has 1 heterocycles. The molecule has 0 unspecified atom stereocenters. The standard InChI is InChI=1S/C20H20N2O4/c1-10(2)12-6-5-7-13(11(3)4)16(12)18-15(22(25)26)9-8-14-17(18)20(24)21-19(14)23/h5-11H,1-4H3,(H,21,23,24). The van der Waals surface area contributed by atoms with Gasteiger partial charge in [-0.1, -0.05) is 45.9 Å². The second kappa shape index (κ2) is 6.37. The Hall–Kier alpha value is -3.02. The maximum absolute atomic E-state index is 12.5. The third-order valence-corrected chi connectivity index (χ3v) is 4.70. The highest BCUT2D eigenvalue weighted by atomic mass is 16.6. The molecular formula is C20H20N2O4.